The lowest BCUT2D eigenvalue weighted by Crippen LogP contribution is -2.30. The Hall–Kier alpha value is -3.84. The summed E-state index contributed by atoms with van der Waals surface area (Å²) in [6, 6.07) is 28.3. The number of rotatable bonds is 18. The second-order valence-electron chi connectivity index (χ2n) is 19.1. The molecule has 10 rings (SSSR count). The van der Waals surface area contributed by atoms with Crippen LogP contribution in [0.1, 0.15) is 116 Å². The summed E-state index contributed by atoms with van der Waals surface area (Å²) in [6.07, 6.45) is 24.0. The van der Waals surface area contributed by atoms with E-state index in [-0.39, 0.29) is 0 Å². The number of likely N-dealkylation sites (tertiary alicyclic amines) is 3. The van der Waals surface area contributed by atoms with E-state index in [2.05, 4.69) is 101 Å². The second kappa shape index (κ2) is 19.1. The second-order valence-corrected chi connectivity index (χ2v) is 19.1. The summed E-state index contributed by atoms with van der Waals surface area (Å²) in [4.78, 5) is 8.16. The molecule has 6 heteroatoms. The first-order chi connectivity index (χ1) is 29.8. The fourth-order valence-electron chi connectivity index (χ4n) is 12.0. The predicted molar refractivity (Wildman–Crippen MR) is 258 cm³/mol. The van der Waals surface area contributed by atoms with Crippen LogP contribution in [0.4, 0.5) is 0 Å². The van der Waals surface area contributed by atoms with E-state index in [1.54, 1.807) is 0 Å². The zero-order valence-corrected chi connectivity index (χ0v) is 36.8. The first kappa shape index (κ1) is 40.2. The molecule has 0 amide bonds. The Morgan fingerprint density at radius 2 is 0.550 bits per heavy atom. The lowest BCUT2D eigenvalue weighted by atomic mass is 10.0. The van der Waals surface area contributed by atoms with Crippen LogP contribution in [0, 0.1) is 0 Å². The van der Waals surface area contributed by atoms with Gasteiger partial charge < -0.3 is 28.4 Å². The first-order valence-electron chi connectivity index (χ1n) is 24.9. The van der Waals surface area contributed by atoms with Crippen LogP contribution in [0.3, 0.4) is 0 Å². The van der Waals surface area contributed by atoms with Crippen molar-refractivity contribution < 1.29 is 0 Å². The summed E-state index contributed by atoms with van der Waals surface area (Å²) in [5.74, 6) is 0. The topological polar surface area (TPSA) is 24.5 Å². The van der Waals surface area contributed by atoms with Gasteiger partial charge in [0.05, 0.1) is 16.6 Å². The average Bonchev–Trinajstić information content (AvgIpc) is 3.92. The summed E-state index contributed by atoms with van der Waals surface area (Å²) in [5.41, 5.74) is 8.65. The molecular formula is C54H72N6. The molecule has 0 N–H and O–H groups in total. The number of hydrogen-bond acceptors (Lipinski definition) is 3. The van der Waals surface area contributed by atoms with Crippen molar-refractivity contribution in [2.24, 2.45) is 0 Å². The molecule has 60 heavy (non-hydrogen) atoms. The van der Waals surface area contributed by atoms with E-state index in [4.69, 9.17) is 0 Å². The van der Waals surface area contributed by atoms with E-state index in [0.717, 1.165) is 19.6 Å². The highest BCUT2D eigenvalue weighted by atomic mass is 15.1. The van der Waals surface area contributed by atoms with Gasteiger partial charge in [0.15, 0.2) is 0 Å². The lowest BCUT2D eigenvalue weighted by molar-refractivity contribution is 0.224. The minimum absolute atomic E-state index is 1.07. The van der Waals surface area contributed by atoms with E-state index in [9.17, 15) is 0 Å². The molecule has 0 bridgehead atoms. The summed E-state index contributed by atoms with van der Waals surface area (Å²) >= 11 is 0. The number of hydrogen-bond donors (Lipinski definition) is 0. The molecule has 0 unspecified atom stereocenters. The van der Waals surface area contributed by atoms with E-state index >= 15 is 0 Å². The maximum Gasteiger partial charge on any atom is 0.0614 e. The van der Waals surface area contributed by atoms with Gasteiger partial charge in [0.25, 0.3) is 0 Å². The number of nitrogens with zero attached hydrogens (tertiary/aromatic N) is 6. The molecule has 3 aliphatic heterocycles. The predicted octanol–water partition coefficient (Wildman–Crippen LogP) is 13.0. The third-order valence-corrected chi connectivity index (χ3v) is 15.0. The van der Waals surface area contributed by atoms with Gasteiger partial charge in [0.1, 0.15) is 0 Å². The Morgan fingerprint density at radius 3 is 0.850 bits per heavy atom. The van der Waals surface area contributed by atoms with Crippen molar-refractivity contribution in [2.45, 2.75) is 135 Å². The number of aryl methyl sites for hydroxylation is 3. The number of unbranched alkanes of at least 4 members (excludes halogenated alkanes) is 6. The van der Waals surface area contributed by atoms with Crippen LogP contribution in [0.5, 0.6) is 0 Å². The SMILES string of the molecule is c1ccc2c(c1)c1c(c3c4ccccc4n(CCCCCN4CCCCC4)c3c3c4ccccc4n(CCCCCN4CCCCC4)c13)n2CCCCCN1CCCCC1. The Balaban J connectivity index is 1.08. The molecule has 3 fully saturated rings. The fourth-order valence-corrected chi connectivity index (χ4v) is 12.0. The minimum atomic E-state index is 1.07. The van der Waals surface area contributed by atoms with E-state index in [1.165, 1.54) is 240 Å². The number of benzene rings is 4. The molecule has 3 aliphatic rings. The van der Waals surface area contributed by atoms with Gasteiger partial charge in [0.2, 0.25) is 0 Å². The Labute approximate surface area is 359 Å². The van der Waals surface area contributed by atoms with Gasteiger partial charge in [-0.25, -0.2) is 0 Å². The number of fused-ring (bicyclic) bond motifs is 12. The molecule has 3 saturated heterocycles. The molecule has 0 radical (unpaired) electrons. The van der Waals surface area contributed by atoms with E-state index in [1.807, 2.05) is 0 Å². The molecule has 6 nitrogen and oxygen atoms in total. The first-order valence-corrected chi connectivity index (χ1v) is 24.9. The highest BCUT2D eigenvalue weighted by Crippen LogP contribution is 2.48. The van der Waals surface area contributed by atoms with Gasteiger partial charge in [0, 0.05) is 68.5 Å². The molecule has 0 aliphatic carbocycles. The van der Waals surface area contributed by atoms with Crippen LogP contribution in [0.25, 0.3) is 65.4 Å². The molecule has 0 atom stereocenters. The van der Waals surface area contributed by atoms with Crippen LogP contribution in [0.15, 0.2) is 72.8 Å². The molecular weight excluding hydrogens is 733 g/mol. The van der Waals surface area contributed by atoms with Crippen LogP contribution in [0.2, 0.25) is 0 Å². The number of aromatic nitrogens is 3. The van der Waals surface area contributed by atoms with Gasteiger partial charge in [-0.2, -0.15) is 0 Å². The van der Waals surface area contributed by atoms with Crippen molar-refractivity contribution in [1.82, 2.24) is 28.4 Å². The van der Waals surface area contributed by atoms with Crippen molar-refractivity contribution in [1.29, 1.82) is 0 Å². The fraction of sp³-hybridized carbons (Fsp3) is 0.556. The van der Waals surface area contributed by atoms with Crippen LogP contribution >= 0.6 is 0 Å². The zero-order valence-electron chi connectivity index (χ0n) is 36.8. The molecule has 3 aromatic heterocycles. The maximum absolute atomic E-state index is 2.78. The van der Waals surface area contributed by atoms with Gasteiger partial charge >= 0.3 is 0 Å². The molecule has 0 saturated carbocycles. The highest BCUT2D eigenvalue weighted by Gasteiger charge is 2.27. The number of piperidine rings is 3. The van der Waals surface area contributed by atoms with Crippen LogP contribution in [-0.4, -0.2) is 87.3 Å². The van der Waals surface area contributed by atoms with E-state index < -0.39 is 0 Å². The standard InChI is InChI=1S/C54H72N6/c1-13-31-55(32-14-1)37-19-4-22-40-58-46-28-10-7-25-43(46)49-52(58)50-44-26-8-11-29-47(44)59(41-23-5-20-38-56-33-15-2-16-34-56)54(50)51-45-27-9-12-30-48(45)60(53(49)51)42-24-6-21-39-57-35-17-3-18-36-57/h7-12,25-30H,1-6,13-24,31-42H2. The normalized spacial score (nSPS) is 17.8. The Morgan fingerprint density at radius 1 is 0.283 bits per heavy atom. The molecule has 318 valence electrons. The maximum atomic E-state index is 2.78. The van der Waals surface area contributed by atoms with Crippen LogP contribution in [-0.2, 0) is 19.6 Å². The highest BCUT2D eigenvalue weighted by molar-refractivity contribution is 6.39. The molecule has 0 spiro atoms. The quantitative estimate of drug-likeness (QED) is 0.0808. The number of para-hydroxylation sites is 3. The van der Waals surface area contributed by atoms with Gasteiger partial charge in [-0.3, -0.25) is 0 Å². The van der Waals surface area contributed by atoms with Crippen molar-refractivity contribution in [2.75, 3.05) is 58.9 Å². The zero-order chi connectivity index (χ0) is 40.1. The van der Waals surface area contributed by atoms with Gasteiger partial charge in [-0.05, 0) is 154 Å². The average molecular weight is 805 g/mol. The largest absolute Gasteiger partial charge is 0.340 e. The summed E-state index contributed by atoms with van der Waals surface area (Å²) < 4.78 is 8.34. The third-order valence-electron chi connectivity index (χ3n) is 15.0. The van der Waals surface area contributed by atoms with Crippen LogP contribution < -0.4 is 0 Å². The monoisotopic (exact) mass is 805 g/mol. The summed E-state index contributed by atoms with van der Waals surface area (Å²) in [6.45, 7) is 14.8. The molecule has 7 aromatic rings. The Kier molecular flexibility index (Phi) is 12.8. The van der Waals surface area contributed by atoms with Crippen molar-refractivity contribution in [3.05, 3.63) is 72.8 Å². The van der Waals surface area contributed by atoms with Gasteiger partial charge in [-0.1, -0.05) is 93.1 Å². The smallest absolute Gasteiger partial charge is 0.0614 e. The molecule has 6 heterocycles. The summed E-state index contributed by atoms with van der Waals surface area (Å²) in [5, 5.41) is 8.73. The Bertz CT molecular complexity index is 2190. The van der Waals surface area contributed by atoms with E-state index in [0.29, 0.717) is 0 Å². The summed E-state index contributed by atoms with van der Waals surface area (Å²) in [7, 11) is 0. The molecule has 4 aromatic carbocycles. The lowest BCUT2D eigenvalue weighted by Gasteiger charge is -2.26. The van der Waals surface area contributed by atoms with Gasteiger partial charge in [-0.15, -0.1) is 0 Å². The van der Waals surface area contributed by atoms with Crippen molar-refractivity contribution >= 4 is 65.4 Å². The third kappa shape index (κ3) is 8.14. The van der Waals surface area contributed by atoms with Crippen molar-refractivity contribution in [3.63, 3.8) is 0 Å². The minimum Gasteiger partial charge on any atom is -0.340 e. The van der Waals surface area contributed by atoms with Crippen molar-refractivity contribution in [3.8, 4) is 0 Å².